The van der Waals surface area contributed by atoms with Crippen LogP contribution in [0.3, 0.4) is 0 Å². The predicted molar refractivity (Wildman–Crippen MR) is 108 cm³/mol. The van der Waals surface area contributed by atoms with E-state index >= 15 is 0 Å². The first-order valence-electron chi connectivity index (χ1n) is 10.9. The molecule has 0 radical (unpaired) electrons. The first kappa shape index (κ1) is 19.8. The van der Waals surface area contributed by atoms with Gasteiger partial charge in [0.25, 0.3) is 0 Å². The maximum absolute atomic E-state index is 2.52. The lowest BCUT2D eigenvalue weighted by Gasteiger charge is -2.39. The molecule has 2 aliphatic rings. The molecule has 0 heterocycles. The Hall–Kier alpha value is -0.520. The van der Waals surface area contributed by atoms with E-state index in [1.807, 2.05) is 0 Å². The zero-order chi connectivity index (χ0) is 17.4. The molecule has 0 amide bonds. The molecule has 24 heavy (non-hydrogen) atoms. The molecule has 0 heteroatoms. The molecule has 0 N–H and O–H groups in total. The van der Waals surface area contributed by atoms with Crippen molar-refractivity contribution in [2.45, 2.75) is 98.3 Å². The van der Waals surface area contributed by atoms with Crippen LogP contribution in [-0.2, 0) is 0 Å². The SMILES string of the molecule is C/C=C\C=C(/C)C1CCC(C2CCC(C(C)CCCC)CC2)CC1. The van der Waals surface area contributed by atoms with Crippen LogP contribution in [-0.4, -0.2) is 0 Å². The Bertz CT molecular complexity index is 386. The fraction of sp³-hybridized carbons (Fsp3) is 0.833. The first-order valence-corrected chi connectivity index (χ1v) is 10.9. The number of hydrogen-bond donors (Lipinski definition) is 0. The Morgan fingerprint density at radius 3 is 2.08 bits per heavy atom. The van der Waals surface area contributed by atoms with Gasteiger partial charge in [0, 0.05) is 0 Å². The lowest BCUT2D eigenvalue weighted by Crippen LogP contribution is -2.27. The topological polar surface area (TPSA) is 0 Å². The van der Waals surface area contributed by atoms with Crippen molar-refractivity contribution in [3.8, 4) is 0 Å². The van der Waals surface area contributed by atoms with E-state index in [2.05, 4.69) is 45.9 Å². The second-order valence-electron chi connectivity index (χ2n) is 8.84. The highest BCUT2D eigenvalue weighted by molar-refractivity contribution is 5.13. The predicted octanol–water partition coefficient (Wildman–Crippen LogP) is 7.95. The Labute approximate surface area is 152 Å². The minimum atomic E-state index is 0.864. The molecule has 0 bridgehead atoms. The van der Waals surface area contributed by atoms with Crippen LogP contribution in [0.5, 0.6) is 0 Å². The average molecular weight is 331 g/mol. The Morgan fingerprint density at radius 2 is 1.54 bits per heavy atom. The van der Waals surface area contributed by atoms with E-state index in [9.17, 15) is 0 Å². The molecule has 0 aromatic heterocycles. The van der Waals surface area contributed by atoms with E-state index in [4.69, 9.17) is 0 Å². The smallest absolute Gasteiger partial charge is 0.0203 e. The van der Waals surface area contributed by atoms with Gasteiger partial charge in [-0.1, -0.05) is 56.9 Å². The van der Waals surface area contributed by atoms with E-state index in [0.29, 0.717) is 0 Å². The van der Waals surface area contributed by atoms with Crippen LogP contribution in [0, 0.1) is 29.6 Å². The zero-order valence-electron chi connectivity index (χ0n) is 16.9. The maximum Gasteiger partial charge on any atom is -0.0203 e. The third-order valence-electron chi connectivity index (χ3n) is 7.27. The van der Waals surface area contributed by atoms with Crippen LogP contribution in [0.25, 0.3) is 0 Å². The zero-order valence-corrected chi connectivity index (χ0v) is 16.9. The van der Waals surface area contributed by atoms with Gasteiger partial charge in [0.2, 0.25) is 0 Å². The quantitative estimate of drug-likeness (QED) is 0.415. The summed E-state index contributed by atoms with van der Waals surface area (Å²) in [7, 11) is 0. The summed E-state index contributed by atoms with van der Waals surface area (Å²) in [4.78, 5) is 0. The molecular weight excluding hydrogens is 288 g/mol. The first-order chi connectivity index (χ1) is 11.7. The van der Waals surface area contributed by atoms with E-state index in [1.54, 1.807) is 5.57 Å². The van der Waals surface area contributed by atoms with E-state index in [0.717, 1.165) is 29.6 Å². The standard InChI is InChI=1S/C24H42/c1-5-7-9-19(3)21-11-15-23(16-12-21)24-17-13-22(14-18-24)20(4)10-8-6-2/h5,7,9,20-24H,6,8,10-18H2,1-4H3/b7-5-,19-9+. The van der Waals surface area contributed by atoms with Gasteiger partial charge in [0.05, 0.1) is 0 Å². The van der Waals surface area contributed by atoms with Gasteiger partial charge in [-0.05, 0) is 94.8 Å². The average Bonchev–Trinajstić information content (AvgIpc) is 2.64. The molecular formula is C24H42. The Balaban J connectivity index is 1.72. The summed E-state index contributed by atoms with van der Waals surface area (Å²) in [5, 5.41) is 0. The van der Waals surface area contributed by atoms with Crippen molar-refractivity contribution in [2.24, 2.45) is 29.6 Å². The molecule has 0 nitrogen and oxygen atoms in total. The number of rotatable bonds is 7. The molecule has 0 saturated heterocycles. The van der Waals surface area contributed by atoms with Crippen molar-refractivity contribution in [3.05, 3.63) is 23.8 Å². The number of unbranched alkanes of at least 4 members (excludes halogenated alkanes) is 1. The van der Waals surface area contributed by atoms with Crippen LogP contribution in [0.15, 0.2) is 23.8 Å². The second kappa shape index (κ2) is 10.5. The molecule has 0 aromatic carbocycles. The summed E-state index contributed by atoms with van der Waals surface area (Å²) in [5.41, 5.74) is 1.61. The highest BCUT2D eigenvalue weighted by atomic mass is 14.4. The van der Waals surface area contributed by atoms with E-state index < -0.39 is 0 Å². The summed E-state index contributed by atoms with van der Waals surface area (Å²) in [6.07, 6.45) is 22.9. The minimum Gasteiger partial charge on any atom is -0.0877 e. The van der Waals surface area contributed by atoms with Crippen LogP contribution in [0.1, 0.15) is 98.3 Å². The van der Waals surface area contributed by atoms with Gasteiger partial charge in [0.15, 0.2) is 0 Å². The normalized spacial score (nSPS) is 33.8. The van der Waals surface area contributed by atoms with E-state index in [-0.39, 0.29) is 0 Å². The van der Waals surface area contributed by atoms with Crippen molar-refractivity contribution in [3.63, 3.8) is 0 Å². The number of hydrogen-bond acceptors (Lipinski definition) is 0. The Kier molecular flexibility index (Phi) is 8.63. The molecule has 0 aliphatic heterocycles. The summed E-state index contributed by atoms with van der Waals surface area (Å²) < 4.78 is 0. The molecule has 0 aromatic rings. The van der Waals surface area contributed by atoms with Crippen molar-refractivity contribution < 1.29 is 0 Å². The molecule has 2 saturated carbocycles. The second-order valence-corrected chi connectivity index (χ2v) is 8.84. The largest absolute Gasteiger partial charge is 0.0877 e. The Morgan fingerprint density at radius 1 is 0.958 bits per heavy atom. The van der Waals surface area contributed by atoms with Gasteiger partial charge in [-0.25, -0.2) is 0 Å². The molecule has 2 rings (SSSR count). The molecule has 1 atom stereocenters. The monoisotopic (exact) mass is 330 g/mol. The van der Waals surface area contributed by atoms with Crippen molar-refractivity contribution >= 4 is 0 Å². The third-order valence-corrected chi connectivity index (χ3v) is 7.27. The van der Waals surface area contributed by atoms with Gasteiger partial charge < -0.3 is 0 Å². The lowest BCUT2D eigenvalue weighted by molar-refractivity contribution is 0.131. The lowest BCUT2D eigenvalue weighted by atomic mass is 9.66. The molecule has 0 spiro atoms. The van der Waals surface area contributed by atoms with Crippen molar-refractivity contribution in [2.75, 3.05) is 0 Å². The fourth-order valence-corrected chi connectivity index (χ4v) is 5.38. The summed E-state index contributed by atoms with van der Waals surface area (Å²) in [5.74, 6) is 4.97. The summed E-state index contributed by atoms with van der Waals surface area (Å²) in [6, 6.07) is 0. The van der Waals surface area contributed by atoms with Crippen molar-refractivity contribution in [1.29, 1.82) is 0 Å². The van der Waals surface area contributed by atoms with Crippen LogP contribution in [0.4, 0.5) is 0 Å². The van der Waals surface area contributed by atoms with Crippen molar-refractivity contribution in [1.82, 2.24) is 0 Å². The van der Waals surface area contributed by atoms with Gasteiger partial charge in [-0.15, -0.1) is 0 Å². The summed E-state index contributed by atoms with van der Waals surface area (Å²) in [6.45, 7) is 9.30. The van der Waals surface area contributed by atoms with Gasteiger partial charge >= 0.3 is 0 Å². The summed E-state index contributed by atoms with van der Waals surface area (Å²) >= 11 is 0. The molecule has 2 fully saturated rings. The van der Waals surface area contributed by atoms with Crippen LogP contribution >= 0.6 is 0 Å². The van der Waals surface area contributed by atoms with E-state index in [1.165, 1.54) is 70.6 Å². The molecule has 138 valence electrons. The van der Waals surface area contributed by atoms with Gasteiger partial charge in [0.1, 0.15) is 0 Å². The highest BCUT2D eigenvalue weighted by Gasteiger charge is 2.32. The molecule has 2 aliphatic carbocycles. The molecule has 1 unspecified atom stereocenters. The van der Waals surface area contributed by atoms with Gasteiger partial charge in [-0.3, -0.25) is 0 Å². The number of allylic oxidation sites excluding steroid dienone is 4. The van der Waals surface area contributed by atoms with Gasteiger partial charge in [-0.2, -0.15) is 0 Å². The fourth-order valence-electron chi connectivity index (χ4n) is 5.38. The third kappa shape index (κ3) is 5.78. The van der Waals surface area contributed by atoms with Crippen LogP contribution < -0.4 is 0 Å². The maximum atomic E-state index is 2.52. The minimum absolute atomic E-state index is 0.864. The highest BCUT2D eigenvalue weighted by Crippen LogP contribution is 2.44. The van der Waals surface area contributed by atoms with Crippen LogP contribution in [0.2, 0.25) is 0 Å².